The summed E-state index contributed by atoms with van der Waals surface area (Å²) in [6, 6.07) is 5.81. The molecule has 1 aromatic heterocycles. The van der Waals surface area contributed by atoms with Crippen molar-refractivity contribution >= 4 is 38.4 Å². The Morgan fingerprint density at radius 2 is 2.16 bits per heavy atom. The van der Waals surface area contributed by atoms with Gasteiger partial charge in [0, 0.05) is 35.7 Å². The topological polar surface area (TPSA) is 92.5 Å². The predicted molar refractivity (Wildman–Crippen MR) is 101 cm³/mol. The smallest absolute Gasteiger partial charge is 0.268 e. The summed E-state index contributed by atoms with van der Waals surface area (Å²) in [5, 5.41) is 4.29. The number of nitrogens with two attached hydrogens (primary N) is 1. The van der Waals surface area contributed by atoms with Crippen molar-refractivity contribution in [3.63, 3.8) is 0 Å². The van der Waals surface area contributed by atoms with Gasteiger partial charge in [0.1, 0.15) is 0 Å². The Morgan fingerprint density at radius 3 is 2.92 bits per heavy atom. The first-order chi connectivity index (χ1) is 12.2. The standard InChI is InChI=1S/C17H22BrN5O2/c18-12-2-3-15-13(10-12)16(14(11-21-15)17(24)22-19)20-4-1-5-23-6-8-25-9-7-23/h2-3,10-11H,1,4-9,19H2,(H,20,21)(H,22,24). The molecular formula is C17H22BrN5O2. The maximum absolute atomic E-state index is 12.1. The first kappa shape index (κ1) is 18.1. The normalized spacial score (nSPS) is 15.3. The van der Waals surface area contributed by atoms with Crippen LogP contribution < -0.4 is 16.6 Å². The summed E-state index contributed by atoms with van der Waals surface area (Å²) in [4.78, 5) is 18.8. The van der Waals surface area contributed by atoms with E-state index >= 15 is 0 Å². The molecule has 0 spiro atoms. The Bertz CT molecular complexity index is 749. The number of nitrogens with zero attached hydrogens (tertiary/aromatic N) is 2. The SMILES string of the molecule is NNC(=O)c1cnc2ccc(Br)cc2c1NCCCN1CCOCC1. The number of fused-ring (bicyclic) bond motifs is 1. The average molecular weight is 408 g/mol. The number of aromatic nitrogens is 1. The summed E-state index contributed by atoms with van der Waals surface area (Å²) in [6.07, 6.45) is 2.53. The van der Waals surface area contributed by atoms with Crippen LogP contribution in [-0.2, 0) is 4.74 Å². The molecule has 1 amide bonds. The maximum Gasteiger partial charge on any atom is 0.268 e. The number of halogens is 1. The van der Waals surface area contributed by atoms with Gasteiger partial charge in [-0.2, -0.15) is 0 Å². The lowest BCUT2D eigenvalue weighted by Crippen LogP contribution is -2.37. The summed E-state index contributed by atoms with van der Waals surface area (Å²) in [5.74, 6) is 4.96. The molecule has 8 heteroatoms. The van der Waals surface area contributed by atoms with Crippen molar-refractivity contribution in [1.82, 2.24) is 15.3 Å². The lowest BCUT2D eigenvalue weighted by molar-refractivity contribution is 0.0378. The number of morpholine rings is 1. The number of anilines is 1. The fourth-order valence-electron chi connectivity index (χ4n) is 2.95. The van der Waals surface area contributed by atoms with Gasteiger partial charge in [0.2, 0.25) is 0 Å². The number of benzene rings is 1. The van der Waals surface area contributed by atoms with Crippen molar-refractivity contribution in [2.45, 2.75) is 6.42 Å². The second-order valence-corrected chi connectivity index (χ2v) is 6.83. The number of carbonyl (C=O) groups excluding carboxylic acids is 1. The highest BCUT2D eigenvalue weighted by molar-refractivity contribution is 9.10. The van der Waals surface area contributed by atoms with E-state index in [0.29, 0.717) is 5.56 Å². The van der Waals surface area contributed by atoms with Gasteiger partial charge in [0.05, 0.1) is 30.0 Å². The second kappa shape index (κ2) is 8.57. The summed E-state index contributed by atoms with van der Waals surface area (Å²) >= 11 is 3.48. The molecule has 1 aliphatic rings. The van der Waals surface area contributed by atoms with E-state index in [1.165, 1.54) is 0 Å². The number of hydrazine groups is 1. The molecule has 2 aromatic rings. The van der Waals surface area contributed by atoms with Gasteiger partial charge < -0.3 is 10.1 Å². The number of rotatable bonds is 6. The van der Waals surface area contributed by atoms with Gasteiger partial charge in [0.15, 0.2) is 0 Å². The Morgan fingerprint density at radius 1 is 1.36 bits per heavy atom. The molecule has 0 saturated carbocycles. The van der Waals surface area contributed by atoms with Crippen LogP contribution in [0.25, 0.3) is 10.9 Å². The van der Waals surface area contributed by atoms with Crippen LogP contribution in [-0.4, -0.2) is 55.2 Å². The highest BCUT2D eigenvalue weighted by Crippen LogP contribution is 2.28. The largest absolute Gasteiger partial charge is 0.384 e. The summed E-state index contributed by atoms with van der Waals surface area (Å²) in [5.41, 5.74) is 4.22. The van der Waals surface area contributed by atoms with E-state index in [9.17, 15) is 4.79 Å². The first-order valence-electron chi connectivity index (χ1n) is 8.32. The van der Waals surface area contributed by atoms with Crippen LogP contribution >= 0.6 is 15.9 Å². The second-order valence-electron chi connectivity index (χ2n) is 5.92. The molecule has 0 atom stereocenters. The zero-order chi connectivity index (χ0) is 17.6. The van der Waals surface area contributed by atoms with Crippen molar-refractivity contribution in [2.24, 2.45) is 5.84 Å². The summed E-state index contributed by atoms with van der Waals surface area (Å²) < 4.78 is 6.30. The van der Waals surface area contributed by atoms with Crippen molar-refractivity contribution in [3.8, 4) is 0 Å². The van der Waals surface area contributed by atoms with Gasteiger partial charge in [-0.3, -0.25) is 20.1 Å². The Labute approximate surface area is 155 Å². The van der Waals surface area contributed by atoms with Crippen molar-refractivity contribution < 1.29 is 9.53 Å². The third-order valence-electron chi connectivity index (χ3n) is 4.26. The minimum atomic E-state index is -0.356. The summed E-state index contributed by atoms with van der Waals surface area (Å²) in [6.45, 7) is 5.32. The zero-order valence-electron chi connectivity index (χ0n) is 13.9. The van der Waals surface area contributed by atoms with E-state index < -0.39 is 0 Å². The summed E-state index contributed by atoms with van der Waals surface area (Å²) in [7, 11) is 0. The first-order valence-corrected chi connectivity index (χ1v) is 9.11. The molecular weight excluding hydrogens is 386 g/mol. The minimum absolute atomic E-state index is 0.356. The van der Waals surface area contributed by atoms with E-state index in [1.54, 1.807) is 6.20 Å². The van der Waals surface area contributed by atoms with Crippen LogP contribution in [0.1, 0.15) is 16.8 Å². The van der Waals surface area contributed by atoms with Crippen molar-refractivity contribution in [2.75, 3.05) is 44.7 Å². The lowest BCUT2D eigenvalue weighted by Gasteiger charge is -2.26. The molecule has 4 N–H and O–H groups in total. The predicted octanol–water partition coefficient (Wildman–Crippen LogP) is 1.73. The van der Waals surface area contributed by atoms with Gasteiger partial charge in [-0.25, -0.2) is 5.84 Å². The molecule has 0 unspecified atom stereocenters. The number of nitrogen functional groups attached to an aromatic ring is 1. The van der Waals surface area contributed by atoms with Gasteiger partial charge in [-0.05, 0) is 31.2 Å². The van der Waals surface area contributed by atoms with Crippen molar-refractivity contribution in [1.29, 1.82) is 0 Å². The van der Waals surface area contributed by atoms with Gasteiger partial charge >= 0.3 is 0 Å². The highest BCUT2D eigenvalue weighted by Gasteiger charge is 2.15. The monoisotopic (exact) mass is 407 g/mol. The molecule has 25 heavy (non-hydrogen) atoms. The number of hydrogen-bond donors (Lipinski definition) is 3. The molecule has 1 aliphatic heterocycles. The molecule has 7 nitrogen and oxygen atoms in total. The van der Waals surface area contributed by atoms with Gasteiger partial charge in [-0.1, -0.05) is 15.9 Å². The molecule has 3 rings (SSSR count). The molecule has 1 aromatic carbocycles. The fourth-order valence-corrected chi connectivity index (χ4v) is 3.31. The van der Waals surface area contributed by atoms with Gasteiger partial charge in [0.25, 0.3) is 5.91 Å². The third-order valence-corrected chi connectivity index (χ3v) is 4.76. The average Bonchev–Trinajstić information content (AvgIpc) is 2.65. The molecule has 0 bridgehead atoms. The van der Waals surface area contributed by atoms with E-state index in [2.05, 4.69) is 36.6 Å². The van der Waals surface area contributed by atoms with Crippen LogP contribution in [0.15, 0.2) is 28.9 Å². The van der Waals surface area contributed by atoms with Gasteiger partial charge in [-0.15, -0.1) is 0 Å². The van der Waals surface area contributed by atoms with E-state index in [4.69, 9.17) is 10.6 Å². The number of ether oxygens (including phenoxy) is 1. The molecule has 2 heterocycles. The highest BCUT2D eigenvalue weighted by atomic mass is 79.9. The third kappa shape index (κ3) is 4.46. The van der Waals surface area contributed by atoms with E-state index in [1.807, 2.05) is 18.2 Å². The molecule has 0 aliphatic carbocycles. The molecule has 0 radical (unpaired) electrons. The van der Waals surface area contributed by atoms with Crippen LogP contribution in [0.5, 0.6) is 0 Å². The molecule has 134 valence electrons. The van der Waals surface area contributed by atoms with E-state index in [-0.39, 0.29) is 5.91 Å². The number of carbonyl (C=O) groups is 1. The van der Waals surface area contributed by atoms with E-state index in [0.717, 1.165) is 66.9 Å². The van der Waals surface area contributed by atoms with Crippen LogP contribution in [0.3, 0.4) is 0 Å². The van der Waals surface area contributed by atoms with Crippen molar-refractivity contribution in [3.05, 3.63) is 34.4 Å². The Hall–Kier alpha value is -1.74. The number of amides is 1. The molecule has 1 saturated heterocycles. The fraction of sp³-hybridized carbons (Fsp3) is 0.412. The lowest BCUT2D eigenvalue weighted by atomic mass is 10.1. The van der Waals surface area contributed by atoms with Crippen LogP contribution in [0.4, 0.5) is 5.69 Å². The number of nitrogens with one attached hydrogen (secondary N) is 2. The Balaban J connectivity index is 1.75. The quantitative estimate of drug-likeness (QED) is 0.292. The Kier molecular flexibility index (Phi) is 6.19. The van der Waals surface area contributed by atoms with Crippen LogP contribution in [0.2, 0.25) is 0 Å². The minimum Gasteiger partial charge on any atom is -0.384 e. The number of hydrogen-bond acceptors (Lipinski definition) is 6. The zero-order valence-corrected chi connectivity index (χ0v) is 15.5. The number of pyridine rings is 1. The molecule has 1 fully saturated rings. The maximum atomic E-state index is 12.1. The van der Waals surface area contributed by atoms with Crippen LogP contribution in [0, 0.1) is 0 Å².